The summed E-state index contributed by atoms with van der Waals surface area (Å²) in [6.45, 7) is 0.295. The predicted molar refractivity (Wildman–Crippen MR) is 139 cm³/mol. The van der Waals surface area contributed by atoms with Crippen LogP contribution in [0.2, 0.25) is 0 Å². The number of rotatable bonds is 12. The molecule has 0 bridgehead atoms. The molecule has 3 heterocycles. The van der Waals surface area contributed by atoms with Crippen LogP contribution in [0.25, 0.3) is 0 Å². The SMILES string of the molecule is NC(Cc1cnc[nH]1)C(=O)NC(Cc1cnc[nH]1)C(=O)N1CCCC1C(=O)NC(Cc1ccccc1)C(=O)O. The fourth-order valence-electron chi connectivity index (χ4n) is 4.64. The minimum absolute atomic E-state index is 0.106. The number of nitrogens with two attached hydrogens (primary N) is 1. The average Bonchev–Trinajstić information content (AvgIpc) is 3.71. The standard InChI is InChI=1S/C26H32N8O5/c27-19(10-17-12-28-14-30-17)23(35)32-20(11-18-13-29-15-31-18)25(37)34-8-4-7-22(34)24(36)33-21(26(38)39)9-16-5-2-1-3-6-16/h1-3,5-6,12-15,19-22H,4,7-11,27H2,(H,28,30)(H,29,31)(H,32,35)(H,33,36)(H,38,39). The normalized spacial score (nSPS) is 17.3. The number of aliphatic carboxylic acids is 1. The van der Waals surface area contributed by atoms with Crippen LogP contribution in [0.3, 0.4) is 0 Å². The zero-order chi connectivity index (χ0) is 27.8. The van der Waals surface area contributed by atoms with Gasteiger partial charge in [0.15, 0.2) is 0 Å². The van der Waals surface area contributed by atoms with Crippen LogP contribution in [0, 0.1) is 0 Å². The van der Waals surface area contributed by atoms with Gasteiger partial charge >= 0.3 is 5.97 Å². The number of hydrogen-bond donors (Lipinski definition) is 6. The highest BCUT2D eigenvalue weighted by Crippen LogP contribution is 2.20. The summed E-state index contributed by atoms with van der Waals surface area (Å²) < 4.78 is 0. The lowest BCUT2D eigenvalue weighted by molar-refractivity contribution is -0.144. The number of H-pyrrole nitrogens is 2. The molecule has 0 radical (unpaired) electrons. The Morgan fingerprint density at radius 3 is 2.26 bits per heavy atom. The molecule has 7 N–H and O–H groups in total. The van der Waals surface area contributed by atoms with Crippen LogP contribution < -0.4 is 16.4 Å². The van der Waals surface area contributed by atoms with E-state index >= 15 is 0 Å². The highest BCUT2D eigenvalue weighted by molar-refractivity contribution is 5.94. The summed E-state index contributed by atoms with van der Waals surface area (Å²) in [7, 11) is 0. The first-order valence-electron chi connectivity index (χ1n) is 12.7. The van der Waals surface area contributed by atoms with Crippen LogP contribution >= 0.6 is 0 Å². The van der Waals surface area contributed by atoms with Gasteiger partial charge in [0.25, 0.3) is 0 Å². The van der Waals surface area contributed by atoms with Gasteiger partial charge in [-0.25, -0.2) is 14.8 Å². The minimum Gasteiger partial charge on any atom is -0.480 e. The zero-order valence-electron chi connectivity index (χ0n) is 21.2. The van der Waals surface area contributed by atoms with Crippen LogP contribution in [0.1, 0.15) is 29.8 Å². The van der Waals surface area contributed by atoms with Gasteiger partial charge in [0, 0.05) is 49.6 Å². The number of imidazole rings is 2. The Labute approximate surface area is 224 Å². The van der Waals surface area contributed by atoms with Crippen LogP contribution in [0.15, 0.2) is 55.4 Å². The van der Waals surface area contributed by atoms with Crippen molar-refractivity contribution in [2.24, 2.45) is 5.73 Å². The highest BCUT2D eigenvalue weighted by Gasteiger charge is 2.39. The number of aromatic nitrogens is 4. The van der Waals surface area contributed by atoms with Crippen LogP contribution in [0.4, 0.5) is 0 Å². The molecule has 1 aliphatic rings. The van der Waals surface area contributed by atoms with Gasteiger partial charge in [0.1, 0.15) is 18.1 Å². The van der Waals surface area contributed by atoms with E-state index in [9.17, 15) is 24.3 Å². The Balaban J connectivity index is 1.45. The molecule has 4 atom stereocenters. The van der Waals surface area contributed by atoms with E-state index in [1.165, 1.54) is 17.6 Å². The molecule has 1 aliphatic heterocycles. The van der Waals surface area contributed by atoms with Crippen molar-refractivity contribution < 1.29 is 24.3 Å². The van der Waals surface area contributed by atoms with E-state index < -0.39 is 47.9 Å². The first-order chi connectivity index (χ1) is 18.8. The van der Waals surface area contributed by atoms with Crippen molar-refractivity contribution in [2.75, 3.05) is 6.54 Å². The second kappa shape index (κ2) is 12.8. The zero-order valence-corrected chi connectivity index (χ0v) is 21.2. The molecule has 0 aliphatic carbocycles. The van der Waals surface area contributed by atoms with Crippen molar-refractivity contribution in [1.29, 1.82) is 0 Å². The Bertz CT molecular complexity index is 1250. The Morgan fingerprint density at radius 2 is 1.64 bits per heavy atom. The maximum Gasteiger partial charge on any atom is 0.326 e. The number of amides is 3. The molecule has 0 saturated carbocycles. The Hall–Kier alpha value is -4.52. The van der Waals surface area contributed by atoms with Crippen molar-refractivity contribution in [3.63, 3.8) is 0 Å². The summed E-state index contributed by atoms with van der Waals surface area (Å²) in [5.74, 6) is -2.71. The molecule has 1 fully saturated rings. The number of carboxylic acid groups (broad SMARTS) is 1. The van der Waals surface area contributed by atoms with Gasteiger partial charge in [-0.15, -0.1) is 0 Å². The topological polar surface area (TPSA) is 199 Å². The second-order valence-electron chi connectivity index (χ2n) is 9.51. The number of carbonyl (C=O) groups is 4. The second-order valence-corrected chi connectivity index (χ2v) is 9.51. The summed E-state index contributed by atoms with van der Waals surface area (Å²) in [5.41, 5.74) is 8.13. The molecule has 4 rings (SSSR count). The number of carboxylic acids is 1. The van der Waals surface area contributed by atoms with Crippen LogP contribution in [-0.4, -0.2) is 84.3 Å². The maximum absolute atomic E-state index is 13.7. The molecule has 39 heavy (non-hydrogen) atoms. The van der Waals surface area contributed by atoms with E-state index in [0.29, 0.717) is 30.8 Å². The number of aromatic amines is 2. The smallest absolute Gasteiger partial charge is 0.326 e. The van der Waals surface area contributed by atoms with Crippen molar-refractivity contribution in [1.82, 2.24) is 35.5 Å². The molecule has 4 unspecified atom stereocenters. The van der Waals surface area contributed by atoms with Gasteiger partial charge < -0.3 is 36.3 Å². The van der Waals surface area contributed by atoms with Crippen LogP contribution in [0.5, 0.6) is 0 Å². The van der Waals surface area contributed by atoms with Crippen LogP contribution in [-0.2, 0) is 38.4 Å². The molecule has 1 saturated heterocycles. The van der Waals surface area contributed by atoms with Crippen molar-refractivity contribution >= 4 is 23.7 Å². The van der Waals surface area contributed by atoms with Gasteiger partial charge in [-0.1, -0.05) is 30.3 Å². The maximum atomic E-state index is 13.7. The summed E-state index contributed by atoms with van der Waals surface area (Å²) in [6.07, 6.45) is 7.41. The summed E-state index contributed by atoms with van der Waals surface area (Å²) in [6, 6.07) is 5.01. The summed E-state index contributed by atoms with van der Waals surface area (Å²) in [4.78, 5) is 66.8. The molecular weight excluding hydrogens is 504 g/mol. The van der Waals surface area contributed by atoms with Gasteiger partial charge in [-0.3, -0.25) is 14.4 Å². The fraction of sp³-hybridized carbons (Fsp3) is 0.385. The lowest BCUT2D eigenvalue weighted by Gasteiger charge is -2.30. The van der Waals surface area contributed by atoms with Crippen molar-refractivity contribution in [3.05, 3.63) is 72.3 Å². The van der Waals surface area contributed by atoms with E-state index in [0.717, 1.165) is 5.56 Å². The van der Waals surface area contributed by atoms with Gasteiger partial charge in [0.05, 0.1) is 18.7 Å². The van der Waals surface area contributed by atoms with E-state index in [2.05, 4.69) is 30.6 Å². The molecule has 1 aromatic carbocycles. The fourth-order valence-corrected chi connectivity index (χ4v) is 4.64. The Kier molecular flexibility index (Phi) is 9.05. The minimum atomic E-state index is -1.17. The first-order valence-corrected chi connectivity index (χ1v) is 12.7. The highest BCUT2D eigenvalue weighted by atomic mass is 16.4. The van der Waals surface area contributed by atoms with Gasteiger partial charge in [-0.05, 0) is 18.4 Å². The van der Waals surface area contributed by atoms with E-state index in [1.807, 2.05) is 6.07 Å². The quantitative estimate of drug-likeness (QED) is 0.178. The number of nitrogens with one attached hydrogen (secondary N) is 4. The molecule has 3 aromatic rings. The average molecular weight is 537 g/mol. The number of benzene rings is 1. The molecule has 13 nitrogen and oxygen atoms in total. The van der Waals surface area contributed by atoms with E-state index in [1.54, 1.807) is 36.7 Å². The molecule has 3 amide bonds. The van der Waals surface area contributed by atoms with Crippen molar-refractivity contribution in [3.8, 4) is 0 Å². The predicted octanol–water partition coefficient (Wildman–Crippen LogP) is -0.467. The van der Waals surface area contributed by atoms with Gasteiger partial charge in [-0.2, -0.15) is 0 Å². The monoisotopic (exact) mass is 536 g/mol. The van der Waals surface area contributed by atoms with E-state index in [-0.39, 0.29) is 19.3 Å². The third kappa shape index (κ3) is 7.29. The molecule has 0 spiro atoms. The molecular formula is C26H32N8O5. The third-order valence-corrected chi connectivity index (χ3v) is 6.66. The number of hydrogen-bond acceptors (Lipinski definition) is 7. The molecule has 13 heteroatoms. The Morgan fingerprint density at radius 1 is 0.974 bits per heavy atom. The lowest BCUT2D eigenvalue weighted by atomic mass is 10.0. The van der Waals surface area contributed by atoms with Gasteiger partial charge in [0.2, 0.25) is 17.7 Å². The number of carbonyl (C=O) groups excluding carboxylic acids is 3. The largest absolute Gasteiger partial charge is 0.480 e. The molecule has 2 aromatic heterocycles. The lowest BCUT2D eigenvalue weighted by Crippen LogP contribution is -2.57. The number of likely N-dealkylation sites (tertiary alicyclic amines) is 1. The first kappa shape index (κ1) is 27.5. The number of nitrogens with zero attached hydrogens (tertiary/aromatic N) is 3. The van der Waals surface area contributed by atoms with E-state index in [4.69, 9.17) is 5.73 Å². The summed E-state index contributed by atoms with van der Waals surface area (Å²) in [5, 5.41) is 15.0. The van der Waals surface area contributed by atoms with Crippen molar-refractivity contribution in [2.45, 2.75) is 56.3 Å². The third-order valence-electron chi connectivity index (χ3n) is 6.66. The molecule has 206 valence electrons. The summed E-state index contributed by atoms with van der Waals surface area (Å²) >= 11 is 0.